The van der Waals surface area contributed by atoms with E-state index in [1.807, 2.05) is 18.2 Å². The van der Waals surface area contributed by atoms with Crippen molar-refractivity contribution in [3.05, 3.63) is 53.8 Å². The van der Waals surface area contributed by atoms with Crippen molar-refractivity contribution < 1.29 is 23.4 Å². The SMILES string of the molecule is Cl.NC[C@H]1CC[C@@H](C(=O)N(Cc2ccc3c(c2)OCO3)c2ccc(F)cc2)O1. The molecule has 28 heavy (non-hydrogen) atoms. The van der Waals surface area contributed by atoms with Crippen LogP contribution in [0.1, 0.15) is 18.4 Å². The first kappa shape index (κ1) is 20.4. The van der Waals surface area contributed by atoms with Crippen molar-refractivity contribution in [1.82, 2.24) is 0 Å². The maximum absolute atomic E-state index is 13.4. The Morgan fingerprint density at radius 1 is 1.11 bits per heavy atom. The molecular formula is C20H22ClFN2O4. The van der Waals surface area contributed by atoms with Gasteiger partial charge < -0.3 is 24.8 Å². The molecule has 0 unspecified atom stereocenters. The van der Waals surface area contributed by atoms with Crippen molar-refractivity contribution in [2.24, 2.45) is 5.73 Å². The zero-order valence-corrected chi connectivity index (χ0v) is 16.0. The fraction of sp³-hybridized carbons (Fsp3) is 0.350. The molecule has 2 aromatic carbocycles. The van der Waals surface area contributed by atoms with Gasteiger partial charge in [-0.1, -0.05) is 6.07 Å². The first-order chi connectivity index (χ1) is 13.1. The highest BCUT2D eigenvalue weighted by Crippen LogP contribution is 2.33. The lowest BCUT2D eigenvalue weighted by Gasteiger charge is -2.26. The summed E-state index contributed by atoms with van der Waals surface area (Å²) in [4.78, 5) is 14.8. The van der Waals surface area contributed by atoms with Crippen molar-refractivity contribution >= 4 is 24.0 Å². The number of anilines is 1. The van der Waals surface area contributed by atoms with Gasteiger partial charge in [0.25, 0.3) is 5.91 Å². The summed E-state index contributed by atoms with van der Waals surface area (Å²) in [7, 11) is 0. The van der Waals surface area contributed by atoms with E-state index in [2.05, 4.69) is 0 Å². The van der Waals surface area contributed by atoms with Crippen LogP contribution in [0.2, 0.25) is 0 Å². The Kier molecular flexibility index (Phi) is 6.39. The van der Waals surface area contributed by atoms with Crippen LogP contribution in [0.25, 0.3) is 0 Å². The maximum Gasteiger partial charge on any atom is 0.256 e. The first-order valence-electron chi connectivity index (χ1n) is 8.95. The van der Waals surface area contributed by atoms with E-state index in [4.69, 9.17) is 19.9 Å². The lowest BCUT2D eigenvalue weighted by Crippen LogP contribution is -2.39. The molecule has 0 saturated carbocycles. The molecule has 2 aliphatic heterocycles. The lowest BCUT2D eigenvalue weighted by molar-refractivity contribution is -0.129. The number of hydrogen-bond donors (Lipinski definition) is 1. The number of benzene rings is 2. The standard InChI is InChI=1S/C20H21FN2O4.ClH/c21-14-2-4-15(5-3-14)23(20(24)18-8-6-16(10-22)27-18)11-13-1-7-17-19(9-13)26-12-25-17;/h1-5,7,9,16,18H,6,8,10-12,22H2;1H/t16-,18+;/m1./s1. The molecule has 6 nitrogen and oxygen atoms in total. The molecule has 1 amide bonds. The third-order valence-electron chi connectivity index (χ3n) is 4.83. The van der Waals surface area contributed by atoms with Crippen LogP contribution < -0.4 is 20.1 Å². The van der Waals surface area contributed by atoms with Gasteiger partial charge in [0, 0.05) is 12.2 Å². The molecule has 2 aliphatic rings. The van der Waals surface area contributed by atoms with Gasteiger partial charge in [0.1, 0.15) is 11.9 Å². The minimum atomic E-state index is -0.544. The number of nitrogens with zero attached hydrogens (tertiary/aromatic N) is 1. The zero-order chi connectivity index (χ0) is 18.8. The minimum Gasteiger partial charge on any atom is -0.454 e. The normalized spacial score (nSPS) is 19.9. The molecule has 4 rings (SSSR count). The topological polar surface area (TPSA) is 74.0 Å². The van der Waals surface area contributed by atoms with Gasteiger partial charge in [-0.25, -0.2) is 4.39 Å². The number of carbonyl (C=O) groups excluding carboxylic acids is 1. The fourth-order valence-electron chi connectivity index (χ4n) is 3.37. The van der Waals surface area contributed by atoms with Crippen molar-refractivity contribution in [3.63, 3.8) is 0 Å². The predicted octanol–water partition coefficient (Wildman–Crippen LogP) is 3.02. The summed E-state index contributed by atoms with van der Waals surface area (Å²) in [6.45, 7) is 0.895. The molecule has 0 aliphatic carbocycles. The fourth-order valence-corrected chi connectivity index (χ4v) is 3.37. The summed E-state index contributed by atoms with van der Waals surface area (Å²) in [6, 6.07) is 11.4. The lowest BCUT2D eigenvalue weighted by atomic mass is 10.1. The Labute approximate surface area is 168 Å². The second-order valence-corrected chi connectivity index (χ2v) is 6.65. The third-order valence-corrected chi connectivity index (χ3v) is 4.83. The maximum atomic E-state index is 13.4. The second-order valence-electron chi connectivity index (χ2n) is 6.65. The molecule has 0 spiro atoms. The monoisotopic (exact) mass is 408 g/mol. The summed E-state index contributed by atoms with van der Waals surface area (Å²) in [5.41, 5.74) is 7.15. The average Bonchev–Trinajstić information content (AvgIpc) is 3.35. The van der Waals surface area contributed by atoms with E-state index in [9.17, 15) is 9.18 Å². The van der Waals surface area contributed by atoms with Gasteiger partial charge in [0.15, 0.2) is 11.5 Å². The Morgan fingerprint density at radius 3 is 2.57 bits per heavy atom. The highest BCUT2D eigenvalue weighted by atomic mass is 35.5. The van der Waals surface area contributed by atoms with Gasteiger partial charge in [0.05, 0.1) is 12.6 Å². The van der Waals surface area contributed by atoms with Gasteiger partial charge in [0.2, 0.25) is 6.79 Å². The number of nitrogens with two attached hydrogens (primary N) is 1. The van der Waals surface area contributed by atoms with Crippen LogP contribution in [-0.4, -0.2) is 31.5 Å². The number of fused-ring (bicyclic) bond motifs is 1. The molecule has 1 saturated heterocycles. The molecule has 2 N–H and O–H groups in total. The predicted molar refractivity (Wildman–Crippen MR) is 104 cm³/mol. The van der Waals surface area contributed by atoms with Gasteiger partial charge in [-0.3, -0.25) is 4.79 Å². The van der Waals surface area contributed by atoms with E-state index < -0.39 is 6.10 Å². The number of hydrogen-bond acceptors (Lipinski definition) is 5. The van der Waals surface area contributed by atoms with Crippen molar-refractivity contribution in [2.45, 2.75) is 31.6 Å². The molecule has 150 valence electrons. The zero-order valence-electron chi connectivity index (χ0n) is 15.2. The Morgan fingerprint density at radius 2 is 1.86 bits per heavy atom. The number of halogens is 2. The molecule has 0 aromatic heterocycles. The van der Waals surface area contributed by atoms with Crippen molar-refractivity contribution in [3.8, 4) is 11.5 Å². The van der Waals surface area contributed by atoms with Crippen LogP contribution in [0, 0.1) is 5.82 Å². The van der Waals surface area contributed by atoms with Crippen LogP contribution in [0.15, 0.2) is 42.5 Å². The summed E-state index contributed by atoms with van der Waals surface area (Å²) in [5, 5.41) is 0. The van der Waals surface area contributed by atoms with E-state index in [0.29, 0.717) is 36.7 Å². The van der Waals surface area contributed by atoms with Crippen LogP contribution in [-0.2, 0) is 16.1 Å². The molecule has 2 atom stereocenters. The van der Waals surface area contributed by atoms with Crippen molar-refractivity contribution in [2.75, 3.05) is 18.2 Å². The summed E-state index contributed by atoms with van der Waals surface area (Å²) < 4.78 is 29.9. The molecular weight excluding hydrogens is 387 g/mol. The molecule has 8 heteroatoms. The van der Waals surface area contributed by atoms with Crippen LogP contribution in [0.4, 0.5) is 10.1 Å². The van der Waals surface area contributed by atoms with E-state index >= 15 is 0 Å². The molecule has 2 aromatic rings. The summed E-state index contributed by atoms with van der Waals surface area (Å²) in [5.74, 6) is 0.826. The van der Waals surface area contributed by atoms with E-state index in [1.165, 1.54) is 12.1 Å². The highest BCUT2D eigenvalue weighted by Gasteiger charge is 2.33. The average molecular weight is 409 g/mol. The summed E-state index contributed by atoms with van der Waals surface area (Å²) in [6.07, 6.45) is 0.741. The van der Waals surface area contributed by atoms with Gasteiger partial charge in [-0.2, -0.15) is 0 Å². The molecule has 2 heterocycles. The van der Waals surface area contributed by atoms with E-state index in [-0.39, 0.29) is 37.0 Å². The quantitative estimate of drug-likeness (QED) is 0.823. The number of ether oxygens (including phenoxy) is 3. The van der Waals surface area contributed by atoms with Gasteiger partial charge >= 0.3 is 0 Å². The van der Waals surface area contributed by atoms with Crippen LogP contribution >= 0.6 is 12.4 Å². The van der Waals surface area contributed by atoms with Crippen LogP contribution in [0.5, 0.6) is 11.5 Å². The third kappa shape index (κ3) is 4.22. The Balaban J connectivity index is 0.00000225. The minimum absolute atomic E-state index is 0. The second kappa shape index (κ2) is 8.77. The molecule has 0 radical (unpaired) electrons. The number of amides is 1. The number of rotatable bonds is 5. The Bertz CT molecular complexity index is 833. The largest absolute Gasteiger partial charge is 0.454 e. The number of carbonyl (C=O) groups is 1. The van der Waals surface area contributed by atoms with Gasteiger partial charge in [-0.15, -0.1) is 12.4 Å². The van der Waals surface area contributed by atoms with Crippen molar-refractivity contribution in [1.29, 1.82) is 0 Å². The van der Waals surface area contributed by atoms with E-state index in [0.717, 1.165) is 12.0 Å². The Hall–Kier alpha value is -2.35. The van der Waals surface area contributed by atoms with E-state index in [1.54, 1.807) is 17.0 Å². The smallest absolute Gasteiger partial charge is 0.256 e. The van der Waals surface area contributed by atoms with Crippen LogP contribution in [0.3, 0.4) is 0 Å². The highest BCUT2D eigenvalue weighted by molar-refractivity contribution is 5.96. The first-order valence-corrected chi connectivity index (χ1v) is 8.95. The molecule has 0 bridgehead atoms. The molecule has 1 fully saturated rings. The van der Waals surface area contributed by atoms with Gasteiger partial charge in [-0.05, 0) is 54.8 Å². The summed E-state index contributed by atoms with van der Waals surface area (Å²) >= 11 is 0.